The van der Waals surface area contributed by atoms with Crippen molar-refractivity contribution in [2.45, 2.75) is 33.1 Å². The van der Waals surface area contributed by atoms with Crippen LogP contribution in [0.1, 0.15) is 31.2 Å². The molecule has 1 atom stereocenters. The summed E-state index contributed by atoms with van der Waals surface area (Å²) in [6.07, 6.45) is -1.73. The van der Waals surface area contributed by atoms with Crippen molar-refractivity contribution in [1.82, 2.24) is 4.98 Å². The van der Waals surface area contributed by atoms with Gasteiger partial charge in [0.2, 0.25) is 0 Å². The van der Waals surface area contributed by atoms with Gasteiger partial charge in [0.25, 0.3) is 0 Å². The van der Waals surface area contributed by atoms with Gasteiger partial charge in [0.1, 0.15) is 0 Å². The number of aromatic nitrogens is 1. The van der Waals surface area contributed by atoms with Crippen molar-refractivity contribution in [3.63, 3.8) is 0 Å². The van der Waals surface area contributed by atoms with Crippen LogP contribution in [0.4, 0.5) is 16.2 Å². The van der Waals surface area contributed by atoms with Crippen LogP contribution in [-0.2, 0) is 4.74 Å². The van der Waals surface area contributed by atoms with E-state index in [-0.39, 0.29) is 6.10 Å². The second-order valence-electron chi connectivity index (χ2n) is 7.78. The molecule has 1 heterocycles. The number of hydrogen-bond acceptors (Lipinski definition) is 5. The third-order valence-corrected chi connectivity index (χ3v) is 4.91. The van der Waals surface area contributed by atoms with E-state index in [4.69, 9.17) is 9.72 Å². The summed E-state index contributed by atoms with van der Waals surface area (Å²) < 4.78 is 5.12. The molecule has 0 fully saturated rings. The number of benzene rings is 3. The first-order valence-electron chi connectivity index (χ1n) is 10.2. The number of nitrogens with one attached hydrogen (secondary N) is 2. The van der Waals surface area contributed by atoms with Crippen molar-refractivity contribution in [3.8, 4) is 0 Å². The van der Waals surface area contributed by atoms with E-state index in [0.29, 0.717) is 11.3 Å². The van der Waals surface area contributed by atoms with E-state index in [2.05, 4.69) is 10.6 Å². The Bertz CT molecular complexity index is 1250. The number of amides is 1. The molecule has 31 heavy (non-hydrogen) atoms. The molecule has 0 aliphatic heterocycles. The first-order chi connectivity index (χ1) is 14.9. The second kappa shape index (κ2) is 8.62. The third-order valence-electron chi connectivity index (χ3n) is 4.91. The molecular weight excluding hydrogens is 390 g/mol. The molecule has 4 rings (SSSR count). The van der Waals surface area contributed by atoms with Gasteiger partial charge in [0, 0.05) is 22.0 Å². The third kappa shape index (κ3) is 4.59. The molecule has 0 aliphatic carbocycles. The number of hydrogen-bond donors (Lipinski definition) is 3. The molecule has 6 nitrogen and oxygen atoms in total. The summed E-state index contributed by atoms with van der Waals surface area (Å²) >= 11 is 0. The number of nitrogens with zero attached hydrogens (tertiary/aromatic N) is 1. The minimum absolute atomic E-state index is 0.215. The maximum absolute atomic E-state index is 11.9. The highest BCUT2D eigenvalue weighted by Gasteiger charge is 2.15. The van der Waals surface area contributed by atoms with Crippen molar-refractivity contribution in [1.29, 1.82) is 0 Å². The van der Waals surface area contributed by atoms with Gasteiger partial charge >= 0.3 is 6.09 Å². The van der Waals surface area contributed by atoms with Gasteiger partial charge in [-0.3, -0.25) is 5.32 Å². The van der Waals surface area contributed by atoms with Gasteiger partial charge in [0.15, 0.2) is 6.23 Å². The van der Waals surface area contributed by atoms with E-state index in [1.807, 2.05) is 49.4 Å². The number of rotatable bonds is 5. The predicted molar refractivity (Wildman–Crippen MR) is 124 cm³/mol. The largest absolute Gasteiger partial charge is 0.447 e. The summed E-state index contributed by atoms with van der Waals surface area (Å²) in [7, 11) is 0. The number of fused-ring (bicyclic) bond motifs is 2. The van der Waals surface area contributed by atoms with Crippen molar-refractivity contribution < 1.29 is 14.6 Å². The Morgan fingerprint density at radius 3 is 2.55 bits per heavy atom. The maximum Gasteiger partial charge on any atom is 0.411 e. The number of pyridine rings is 1. The Balaban J connectivity index is 1.67. The van der Waals surface area contributed by atoms with Gasteiger partial charge in [-0.2, -0.15) is 0 Å². The second-order valence-corrected chi connectivity index (χ2v) is 7.78. The lowest BCUT2D eigenvalue weighted by atomic mass is 10.1. The molecule has 1 unspecified atom stereocenters. The van der Waals surface area contributed by atoms with Crippen molar-refractivity contribution in [2.24, 2.45) is 0 Å². The van der Waals surface area contributed by atoms with Gasteiger partial charge in [-0.05, 0) is 50.6 Å². The molecule has 1 aromatic heterocycles. The zero-order valence-electron chi connectivity index (χ0n) is 17.7. The van der Waals surface area contributed by atoms with Gasteiger partial charge in [-0.15, -0.1) is 0 Å². The van der Waals surface area contributed by atoms with Crippen molar-refractivity contribution in [3.05, 3.63) is 77.9 Å². The van der Waals surface area contributed by atoms with Crippen LogP contribution < -0.4 is 10.6 Å². The first kappa shape index (κ1) is 20.6. The summed E-state index contributed by atoms with van der Waals surface area (Å²) in [4.78, 5) is 16.7. The fourth-order valence-electron chi connectivity index (χ4n) is 3.53. The molecule has 0 saturated heterocycles. The van der Waals surface area contributed by atoms with Crippen LogP contribution >= 0.6 is 0 Å². The first-order valence-corrected chi connectivity index (χ1v) is 10.2. The van der Waals surface area contributed by atoms with Crippen LogP contribution in [0.25, 0.3) is 21.8 Å². The van der Waals surface area contributed by atoms with E-state index in [9.17, 15) is 9.90 Å². The Morgan fingerprint density at radius 1 is 0.968 bits per heavy atom. The van der Waals surface area contributed by atoms with E-state index >= 15 is 0 Å². The molecule has 3 aromatic carbocycles. The van der Waals surface area contributed by atoms with Crippen LogP contribution in [0.15, 0.2) is 66.7 Å². The molecule has 6 heteroatoms. The summed E-state index contributed by atoms with van der Waals surface area (Å²) in [5.74, 6) is 0. The lowest BCUT2D eigenvalue weighted by Gasteiger charge is -2.19. The van der Waals surface area contributed by atoms with Crippen molar-refractivity contribution in [2.75, 3.05) is 10.6 Å². The molecule has 0 saturated carbocycles. The standard InChI is InChI=1S/C25H25N3O3/c1-15(2)31-25(30)26-18-8-6-7-17(14-18)24(29)28-23-19-9-4-5-10-21(19)27-22-13-16(3)11-12-20(22)23/h4-15,24,29H,1-3H3,(H,26,30)(H,27,28). The Morgan fingerprint density at radius 2 is 1.74 bits per heavy atom. The zero-order chi connectivity index (χ0) is 22.0. The monoisotopic (exact) mass is 415 g/mol. The Kier molecular flexibility index (Phi) is 5.73. The lowest BCUT2D eigenvalue weighted by Crippen LogP contribution is -2.18. The van der Waals surface area contributed by atoms with Crippen LogP contribution in [0.5, 0.6) is 0 Å². The molecule has 0 bridgehead atoms. The zero-order valence-corrected chi connectivity index (χ0v) is 17.7. The molecule has 4 aromatic rings. The van der Waals surface area contributed by atoms with Crippen LogP contribution in [0.2, 0.25) is 0 Å². The Labute approximate surface area is 180 Å². The van der Waals surface area contributed by atoms with E-state index in [1.165, 1.54) is 0 Å². The summed E-state index contributed by atoms with van der Waals surface area (Å²) in [5, 5.41) is 18.8. The number of anilines is 2. The van der Waals surface area contributed by atoms with Gasteiger partial charge in [0.05, 0.1) is 22.8 Å². The van der Waals surface area contributed by atoms with E-state index in [0.717, 1.165) is 33.1 Å². The number of para-hydroxylation sites is 1. The maximum atomic E-state index is 11.9. The minimum Gasteiger partial charge on any atom is -0.447 e. The Hall–Kier alpha value is -3.64. The molecule has 3 N–H and O–H groups in total. The quantitative estimate of drug-likeness (QED) is 0.285. The molecule has 158 valence electrons. The van der Waals surface area contributed by atoms with Gasteiger partial charge in [-0.1, -0.05) is 42.5 Å². The molecule has 0 spiro atoms. The fourth-order valence-corrected chi connectivity index (χ4v) is 3.53. The molecule has 1 amide bonds. The predicted octanol–water partition coefficient (Wildman–Crippen LogP) is 5.76. The number of aliphatic hydroxyl groups is 1. The number of carbonyl (C=O) groups is 1. The van der Waals surface area contributed by atoms with Crippen LogP contribution in [0, 0.1) is 6.92 Å². The molecule has 0 aliphatic rings. The van der Waals surface area contributed by atoms with Crippen LogP contribution in [0.3, 0.4) is 0 Å². The summed E-state index contributed by atoms with van der Waals surface area (Å²) in [5.41, 5.74) is 4.80. The SMILES string of the molecule is Cc1ccc2c(NC(O)c3cccc(NC(=O)OC(C)C)c3)c3ccccc3nc2c1. The number of ether oxygens (including phenoxy) is 1. The normalized spacial score (nSPS) is 12.2. The molecule has 0 radical (unpaired) electrons. The van der Waals surface area contributed by atoms with Gasteiger partial charge < -0.3 is 15.2 Å². The molecular formula is C25H25N3O3. The highest BCUT2D eigenvalue weighted by atomic mass is 16.6. The summed E-state index contributed by atoms with van der Waals surface area (Å²) in [6, 6.07) is 21.0. The lowest BCUT2D eigenvalue weighted by molar-refractivity contribution is 0.130. The van der Waals surface area contributed by atoms with Crippen LogP contribution in [-0.4, -0.2) is 22.3 Å². The topological polar surface area (TPSA) is 83.5 Å². The van der Waals surface area contributed by atoms with E-state index in [1.54, 1.807) is 38.1 Å². The highest BCUT2D eigenvalue weighted by molar-refractivity contribution is 6.07. The number of aliphatic hydroxyl groups excluding tert-OH is 1. The fraction of sp³-hybridized carbons (Fsp3) is 0.200. The van der Waals surface area contributed by atoms with Crippen molar-refractivity contribution >= 4 is 39.3 Å². The minimum atomic E-state index is -0.988. The number of aryl methyl sites for hydroxylation is 1. The average Bonchev–Trinajstić information content (AvgIpc) is 2.72. The van der Waals surface area contributed by atoms with E-state index < -0.39 is 12.3 Å². The summed E-state index contributed by atoms with van der Waals surface area (Å²) in [6.45, 7) is 5.60. The highest BCUT2D eigenvalue weighted by Crippen LogP contribution is 2.33. The number of carbonyl (C=O) groups excluding carboxylic acids is 1. The van der Waals surface area contributed by atoms with Gasteiger partial charge in [-0.25, -0.2) is 9.78 Å². The average molecular weight is 415 g/mol. The smallest absolute Gasteiger partial charge is 0.411 e.